The molecule has 1 atom stereocenters. The summed E-state index contributed by atoms with van der Waals surface area (Å²) in [5.41, 5.74) is 6.56. The van der Waals surface area contributed by atoms with Crippen LogP contribution >= 0.6 is 11.3 Å². The lowest BCUT2D eigenvalue weighted by molar-refractivity contribution is 0.253. The molecule has 0 aromatic carbocycles. The number of allylic oxidation sites excluding steroid dienone is 2. The predicted molar refractivity (Wildman–Crippen MR) is 97.9 cm³/mol. The Kier molecular flexibility index (Phi) is 3.72. The molecule has 0 saturated carbocycles. The van der Waals surface area contributed by atoms with E-state index >= 15 is 0 Å². The van der Waals surface area contributed by atoms with Crippen molar-refractivity contribution in [2.75, 3.05) is 0 Å². The van der Waals surface area contributed by atoms with Crippen LogP contribution in [-0.4, -0.2) is 32.4 Å². The van der Waals surface area contributed by atoms with Gasteiger partial charge in [-0.3, -0.25) is 5.43 Å². The second-order valence-corrected chi connectivity index (χ2v) is 7.04. The van der Waals surface area contributed by atoms with Crippen LogP contribution in [0.1, 0.15) is 26.1 Å². The lowest BCUT2D eigenvalue weighted by Gasteiger charge is -2.26. The Balaban J connectivity index is 1.45. The number of aromatic nitrogens is 2. The average Bonchev–Trinajstić information content (AvgIpc) is 3.24. The first-order chi connectivity index (χ1) is 11.6. The largest absolute Gasteiger partial charge is 0.337 e. The molecule has 2 aliphatic rings. The van der Waals surface area contributed by atoms with Gasteiger partial charge in [0.1, 0.15) is 11.7 Å². The normalized spacial score (nSPS) is 19.5. The number of fused-ring (bicyclic) bond motifs is 1. The highest BCUT2D eigenvalue weighted by molar-refractivity contribution is 7.13. The van der Waals surface area contributed by atoms with E-state index in [0.29, 0.717) is 0 Å². The minimum Gasteiger partial charge on any atom is -0.337 e. The van der Waals surface area contributed by atoms with Crippen molar-refractivity contribution in [1.82, 2.24) is 20.0 Å². The molecule has 124 valence electrons. The summed E-state index contributed by atoms with van der Waals surface area (Å²) >= 11 is 1.72. The molecule has 0 amide bonds. The van der Waals surface area contributed by atoms with Gasteiger partial charge in [0.25, 0.3) is 0 Å². The summed E-state index contributed by atoms with van der Waals surface area (Å²) < 4.78 is 2.10. The summed E-state index contributed by atoms with van der Waals surface area (Å²) in [7, 11) is 2.05. The molecule has 0 bridgehead atoms. The number of hydrogen-bond donors (Lipinski definition) is 1. The highest BCUT2D eigenvalue weighted by atomic mass is 32.1. The maximum absolute atomic E-state index is 4.77. The molecule has 0 saturated heterocycles. The Morgan fingerprint density at radius 2 is 2.12 bits per heavy atom. The molecule has 2 aromatic heterocycles. The molecule has 0 spiro atoms. The Labute approximate surface area is 145 Å². The van der Waals surface area contributed by atoms with E-state index in [1.54, 1.807) is 11.3 Å². The van der Waals surface area contributed by atoms with Crippen LogP contribution in [0.3, 0.4) is 0 Å². The molecule has 4 heterocycles. The first kappa shape index (κ1) is 15.1. The predicted octanol–water partition coefficient (Wildman–Crippen LogP) is 2.96. The maximum Gasteiger partial charge on any atom is 0.235 e. The van der Waals surface area contributed by atoms with Crippen molar-refractivity contribution in [3.05, 3.63) is 41.3 Å². The van der Waals surface area contributed by atoms with Crippen LogP contribution in [0.25, 0.3) is 10.6 Å². The number of aryl methyl sites for hydroxylation is 2. The van der Waals surface area contributed by atoms with Gasteiger partial charge in [-0.25, -0.2) is 20.0 Å². The van der Waals surface area contributed by atoms with Gasteiger partial charge in [-0.05, 0) is 31.4 Å². The van der Waals surface area contributed by atoms with Gasteiger partial charge in [0.05, 0.1) is 10.6 Å². The van der Waals surface area contributed by atoms with Gasteiger partial charge in [0, 0.05) is 37.5 Å². The maximum atomic E-state index is 4.77. The fourth-order valence-corrected chi connectivity index (χ4v) is 3.68. The van der Waals surface area contributed by atoms with E-state index in [0.717, 1.165) is 41.6 Å². The second kappa shape index (κ2) is 5.90. The zero-order valence-corrected chi connectivity index (χ0v) is 14.8. The van der Waals surface area contributed by atoms with Gasteiger partial charge < -0.3 is 4.57 Å². The molecule has 7 heteroatoms. The Morgan fingerprint density at radius 1 is 1.25 bits per heavy atom. The van der Waals surface area contributed by atoms with Crippen molar-refractivity contribution >= 4 is 22.9 Å². The van der Waals surface area contributed by atoms with Crippen LogP contribution < -0.4 is 5.43 Å². The van der Waals surface area contributed by atoms with Gasteiger partial charge in [0.2, 0.25) is 6.29 Å². The van der Waals surface area contributed by atoms with Crippen molar-refractivity contribution < 1.29 is 0 Å². The second-order valence-electron chi connectivity index (χ2n) is 6.09. The molecule has 0 aliphatic carbocycles. The van der Waals surface area contributed by atoms with Gasteiger partial charge in [0.15, 0.2) is 0 Å². The number of imidazole rings is 1. The molecule has 1 unspecified atom stereocenters. The molecule has 2 aliphatic heterocycles. The number of amidine groups is 1. The van der Waals surface area contributed by atoms with Crippen LogP contribution in [0.4, 0.5) is 0 Å². The summed E-state index contributed by atoms with van der Waals surface area (Å²) in [6, 6.07) is 4.16. The summed E-state index contributed by atoms with van der Waals surface area (Å²) in [5, 5.41) is 4.09. The van der Waals surface area contributed by atoms with Crippen LogP contribution in [0.2, 0.25) is 0 Å². The standard InChI is InChI=1S/C17H20N6S/c1-11-9-12(2)23-17(18-11)20-15(21-23)6-7-16-19-13(10-22(16)3)14-5-4-8-24-14/h4-5,8-10,17H,6-7H2,1-3H3,(H,20,21). The third kappa shape index (κ3) is 2.75. The third-order valence-corrected chi connectivity index (χ3v) is 5.09. The minimum absolute atomic E-state index is 0.159. The van der Waals surface area contributed by atoms with Crippen LogP contribution in [0.5, 0.6) is 0 Å². The molecule has 2 aromatic rings. The molecule has 6 nitrogen and oxygen atoms in total. The summed E-state index contributed by atoms with van der Waals surface area (Å²) in [6.07, 6.45) is 5.67. The zero-order chi connectivity index (χ0) is 16.7. The molecular formula is C17H20N6S. The number of rotatable bonds is 4. The highest BCUT2D eigenvalue weighted by Crippen LogP contribution is 2.24. The fourth-order valence-electron chi connectivity index (χ4n) is 3.00. The van der Waals surface area contributed by atoms with E-state index in [9.17, 15) is 0 Å². The SMILES string of the molecule is CC1=CC(C)=NC2N=C(CCc3nc(-c4cccs4)cn3C)NN12. The minimum atomic E-state index is -0.159. The fraction of sp³-hybridized carbons (Fsp3) is 0.353. The van der Waals surface area contributed by atoms with Crippen molar-refractivity contribution in [3.8, 4) is 10.6 Å². The van der Waals surface area contributed by atoms with Crippen molar-refractivity contribution in [2.24, 2.45) is 17.0 Å². The van der Waals surface area contributed by atoms with Crippen LogP contribution in [-0.2, 0) is 13.5 Å². The molecule has 4 rings (SSSR count). The number of hydrogen-bond acceptors (Lipinski definition) is 6. The van der Waals surface area contributed by atoms with E-state index < -0.39 is 0 Å². The van der Waals surface area contributed by atoms with E-state index in [-0.39, 0.29) is 6.29 Å². The summed E-state index contributed by atoms with van der Waals surface area (Å²) in [6.45, 7) is 4.08. The first-order valence-electron chi connectivity index (χ1n) is 8.01. The Bertz CT molecular complexity index is 843. The van der Waals surface area contributed by atoms with Crippen molar-refractivity contribution in [2.45, 2.75) is 33.0 Å². The van der Waals surface area contributed by atoms with Crippen molar-refractivity contribution in [1.29, 1.82) is 0 Å². The molecule has 1 N–H and O–H groups in total. The number of nitrogens with zero attached hydrogens (tertiary/aromatic N) is 5. The summed E-state index contributed by atoms with van der Waals surface area (Å²) in [4.78, 5) is 15.2. The Morgan fingerprint density at radius 3 is 2.92 bits per heavy atom. The van der Waals surface area contributed by atoms with E-state index in [1.165, 1.54) is 4.88 Å². The lowest BCUT2D eigenvalue weighted by Crippen LogP contribution is -2.40. The molecule has 0 radical (unpaired) electrons. The van der Waals surface area contributed by atoms with E-state index in [4.69, 9.17) is 4.98 Å². The highest BCUT2D eigenvalue weighted by Gasteiger charge is 2.28. The third-order valence-electron chi connectivity index (χ3n) is 4.20. The number of thiophene rings is 1. The molecule has 0 fully saturated rings. The first-order valence-corrected chi connectivity index (χ1v) is 8.89. The van der Waals surface area contributed by atoms with Crippen molar-refractivity contribution in [3.63, 3.8) is 0 Å². The topological polar surface area (TPSA) is 57.8 Å². The van der Waals surface area contributed by atoms with E-state index in [2.05, 4.69) is 56.7 Å². The zero-order valence-electron chi connectivity index (χ0n) is 14.0. The average molecular weight is 340 g/mol. The van der Waals surface area contributed by atoms with Gasteiger partial charge in [-0.15, -0.1) is 11.3 Å². The van der Waals surface area contributed by atoms with Crippen LogP contribution in [0, 0.1) is 0 Å². The van der Waals surface area contributed by atoms with Crippen LogP contribution in [0.15, 0.2) is 45.5 Å². The molecule has 24 heavy (non-hydrogen) atoms. The lowest BCUT2D eigenvalue weighted by atomic mass is 10.3. The molecular weight excluding hydrogens is 320 g/mol. The monoisotopic (exact) mass is 340 g/mol. The quantitative estimate of drug-likeness (QED) is 0.931. The van der Waals surface area contributed by atoms with Gasteiger partial charge >= 0.3 is 0 Å². The smallest absolute Gasteiger partial charge is 0.235 e. The number of aliphatic imine (C=N–C) groups is 2. The van der Waals surface area contributed by atoms with Gasteiger partial charge in [-0.1, -0.05) is 6.07 Å². The van der Waals surface area contributed by atoms with Gasteiger partial charge in [-0.2, -0.15) is 0 Å². The summed E-state index contributed by atoms with van der Waals surface area (Å²) in [5.74, 6) is 2.03. The number of hydrazine groups is 1. The number of nitrogens with one attached hydrogen (secondary N) is 1. The Hall–Kier alpha value is -2.41. The van der Waals surface area contributed by atoms with E-state index in [1.807, 2.05) is 19.0 Å².